The first-order chi connectivity index (χ1) is 16.4. The number of halogens is 1. The Morgan fingerprint density at radius 2 is 1.65 bits per heavy atom. The van der Waals surface area contributed by atoms with Gasteiger partial charge in [0.05, 0.1) is 18.8 Å². The lowest BCUT2D eigenvalue weighted by Crippen LogP contribution is -2.41. The second-order valence-electron chi connectivity index (χ2n) is 7.68. The van der Waals surface area contributed by atoms with Gasteiger partial charge in [0.25, 0.3) is 5.91 Å². The second-order valence-corrected chi connectivity index (χ2v) is 7.68. The molecule has 0 heterocycles. The number of carbonyl (C=O) groups excluding carboxylic acids is 2. The molecule has 178 valence electrons. The fourth-order valence-corrected chi connectivity index (χ4v) is 3.13. The van der Waals surface area contributed by atoms with Crippen molar-refractivity contribution in [3.05, 3.63) is 84.2 Å². The van der Waals surface area contributed by atoms with E-state index in [2.05, 4.69) is 10.6 Å². The minimum atomic E-state index is -0.412. The van der Waals surface area contributed by atoms with Crippen molar-refractivity contribution in [2.75, 3.05) is 37.9 Å². The molecule has 0 aliphatic rings. The van der Waals surface area contributed by atoms with E-state index in [1.54, 1.807) is 62.6 Å². The molecule has 8 heteroatoms. The van der Waals surface area contributed by atoms with Crippen LogP contribution in [0.1, 0.15) is 17.3 Å². The molecular weight excluding hydrogens is 437 g/mol. The highest BCUT2D eigenvalue weighted by molar-refractivity contribution is 6.05. The zero-order valence-electron chi connectivity index (χ0n) is 19.4. The zero-order chi connectivity index (χ0) is 24.5. The Labute approximate surface area is 198 Å². The Hall–Kier alpha value is -3.91. The standard InChI is InChI=1S/C26H28FN3O4/c1-18(30(2)16-17-34-22-14-10-20(27)11-15-22)25(31)28-21-12-8-19(9-13-21)26(32)29-23-6-4-5-7-24(23)33-3/h4-15,18H,16-17H2,1-3H3,(H,28,31)(H,29,32). The minimum absolute atomic E-state index is 0.185. The summed E-state index contributed by atoms with van der Waals surface area (Å²) in [4.78, 5) is 27.0. The highest BCUT2D eigenvalue weighted by atomic mass is 19.1. The first-order valence-electron chi connectivity index (χ1n) is 10.8. The van der Waals surface area contributed by atoms with Crippen molar-refractivity contribution in [1.82, 2.24) is 4.90 Å². The Morgan fingerprint density at radius 3 is 2.32 bits per heavy atom. The van der Waals surface area contributed by atoms with Crippen LogP contribution in [0.2, 0.25) is 0 Å². The van der Waals surface area contributed by atoms with Crippen molar-refractivity contribution in [3.63, 3.8) is 0 Å². The third-order valence-electron chi connectivity index (χ3n) is 5.34. The van der Waals surface area contributed by atoms with Crippen molar-refractivity contribution in [3.8, 4) is 11.5 Å². The third kappa shape index (κ3) is 6.79. The number of ether oxygens (including phenoxy) is 2. The number of nitrogens with zero attached hydrogens (tertiary/aromatic N) is 1. The molecular formula is C26H28FN3O4. The van der Waals surface area contributed by atoms with Gasteiger partial charge in [-0.1, -0.05) is 12.1 Å². The number of nitrogens with one attached hydrogen (secondary N) is 2. The number of para-hydroxylation sites is 2. The van der Waals surface area contributed by atoms with Gasteiger partial charge in [-0.25, -0.2) is 4.39 Å². The summed E-state index contributed by atoms with van der Waals surface area (Å²) >= 11 is 0. The summed E-state index contributed by atoms with van der Waals surface area (Å²) in [7, 11) is 3.36. The maximum absolute atomic E-state index is 13.0. The Kier molecular flexibility index (Phi) is 8.59. The van der Waals surface area contributed by atoms with Crippen molar-refractivity contribution in [2.45, 2.75) is 13.0 Å². The summed E-state index contributed by atoms with van der Waals surface area (Å²) in [6, 6.07) is 19.2. The topological polar surface area (TPSA) is 79.9 Å². The van der Waals surface area contributed by atoms with Crippen LogP contribution in [0.15, 0.2) is 72.8 Å². The van der Waals surface area contributed by atoms with E-state index >= 15 is 0 Å². The number of amides is 2. The van der Waals surface area contributed by atoms with Crippen LogP contribution >= 0.6 is 0 Å². The number of likely N-dealkylation sites (N-methyl/N-ethyl adjacent to an activating group) is 1. The van der Waals surface area contributed by atoms with E-state index in [1.165, 1.54) is 12.1 Å². The lowest BCUT2D eigenvalue weighted by molar-refractivity contribution is -0.120. The molecule has 0 aromatic heterocycles. The minimum Gasteiger partial charge on any atom is -0.495 e. The largest absolute Gasteiger partial charge is 0.495 e. The molecule has 0 aliphatic carbocycles. The fourth-order valence-electron chi connectivity index (χ4n) is 3.13. The SMILES string of the molecule is COc1ccccc1NC(=O)c1ccc(NC(=O)C(C)N(C)CCOc2ccc(F)cc2)cc1. The summed E-state index contributed by atoms with van der Waals surface area (Å²) in [5, 5.41) is 5.67. The van der Waals surface area contributed by atoms with Crippen LogP contribution in [0.4, 0.5) is 15.8 Å². The maximum Gasteiger partial charge on any atom is 0.255 e. The van der Waals surface area contributed by atoms with Crippen molar-refractivity contribution < 1.29 is 23.5 Å². The normalized spacial score (nSPS) is 11.6. The third-order valence-corrected chi connectivity index (χ3v) is 5.34. The van der Waals surface area contributed by atoms with Crippen LogP contribution in [0.3, 0.4) is 0 Å². The van der Waals surface area contributed by atoms with Crippen molar-refractivity contribution >= 4 is 23.2 Å². The van der Waals surface area contributed by atoms with Gasteiger partial charge in [-0.05, 0) is 74.6 Å². The quantitative estimate of drug-likeness (QED) is 0.463. The maximum atomic E-state index is 13.0. The summed E-state index contributed by atoms with van der Waals surface area (Å²) in [6.07, 6.45) is 0. The van der Waals surface area contributed by atoms with Crippen LogP contribution in [0.5, 0.6) is 11.5 Å². The lowest BCUT2D eigenvalue weighted by atomic mass is 10.1. The van der Waals surface area contributed by atoms with Crippen LogP contribution < -0.4 is 20.1 Å². The van der Waals surface area contributed by atoms with Crippen molar-refractivity contribution in [1.29, 1.82) is 0 Å². The van der Waals surface area contributed by atoms with Crippen LogP contribution in [0.25, 0.3) is 0 Å². The average molecular weight is 466 g/mol. The first-order valence-corrected chi connectivity index (χ1v) is 10.8. The second kappa shape index (κ2) is 11.8. The molecule has 0 aliphatic heterocycles. The molecule has 3 aromatic rings. The molecule has 1 atom stereocenters. The highest BCUT2D eigenvalue weighted by Crippen LogP contribution is 2.24. The number of anilines is 2. The number of carbonyl (C=O) groups is 2. The molecule has 7 nitrogen and oxygen atoms in total. The Bertz CT molecular complexity index is 1100. The molecule has 2 amide bonds. The van der Waals surface area contributed by atoms with E-state index in [0.29, 0.717) is 41.6 Å². The van der Waals surface area contributed by atoms with E-state index in [1.807, 2.05) is 24.1 Å². The van der Waals surface area contributed by atoms with Gasteiger partial charge in [0, 0.05) is 17.8 Å². The van der Waals surface area contributed by atoms with Gasteiger partial charge in [-0.2, -0.15) is 0 Å². The molecule has 0 saturated heterocycles. The molecule has 0 saturated carbocycles. The Balaban J connectivity index is 1.49. The fraction of sp³-hybridized carbons (Fsp3) is 0.231. The van der Waals surface area contributed by atoms with Gasteiger partial charge in [0.1, 0.15) is 23.9 Å². The molecule has 0 spiro atoms. The van der Waals surface area contributed by atoms with Gasteiger partial charge in [-0.15, -0.1) is 0 Å². The number of hydrogen-bond donors (Lipinski definition) is 2. The van der Waals surface area contributed by atoms with E-state index in [4.69, 9.17) is 9.47 Å². The smallest absolute Gasteiger partial charge is 0.255 e. The van der Waals surface area contributed by atoms with Crippen LogP contribution in [-0.4, -0.2) is 50.1 Å². The zero-order valence-corrected chi connectivity index (χ0v) is 19.4. The first kappa shape index (κ1) is 24.7. The van der Waals surface area contributed by atoms with Gasteiger partial charge in [-0.3, -0.25) is 14.5 Å². The van der Waals surface area contributed by atoms with Crippen LogP contribution in [-0.2, 0) is 4.79 Å². The van der Waals surface area contributed by atoms with E-state index < -0.39 is 6.04 Å². The molecule has 3 aromatic carbocycles. The number of benzene rings is 3. The van der Waals surface area contributed by atoms with E-state index in [-0.39, 0.29) is 17.6 Å². The highest BCUT2D eigenvalue weighted by Gasteiger charge is 2.18. The van der Waals surface area contributed by atoms with Gasteiger partial charge < -0.3 is 20.1 Å². The monoisotopic (exact) mass is 465 g/mol. The molecule has 0 bridgehead atoms. The average Bonchev–Trinajstić information content (AvgIpc) is 2.85. The number of methoxy groups -OCH3 is 1. The van der Waals surface area contributed by atoms with Gasteiger partial charge in [0.15, 0.2) is 0 Å². The van der Waals surface area contributed by atoms with Gasteiger partial charge >= 0.3 is 0 Å². The summed E-state index contributed by atoms with van der Waals surface area (Å²) in [5.74, 6) is 0.356. The predicted molar refractivity (Wildman–Crippen MR) is 130 cm³/mol. The molecule has 2 N–H and O–H groups in total. The lowest BCUT2D eigenvalue weighted by Gasteiger charge is -2.24. The molecule has 0 radical (unpaired) electrons. The molecule has 0 fully saturated rings. The van der Waals surface area contributed by atoms with E-state index in [0.717, 1.165) is 0 Å². The molecule has 34 heavy (non-hydrogen) atoms. The molecule has 1 unspecified atom stereocenters. The summed E-state index contributed by atoms with van der Waals surface area (Å²) in [6.45, 7) is 2.66. The number of rotatable bonds is 10. The Morgan fingerprint density at radius 1 is 0.971 bits per heavy atom. The summed E-state index contributed by atoms with van der Waals surface area (Å²) in [5.41, 5.74) is 1.61. The molecule has 3 rings (SSSR count). The number of hydrogen-bond acceptors (Lipinski definition) is 5. The summed E-state index contributed by atoms with van der Waals surface area (Å²) < 4.78 is 23.8. The van der Waals surface area contributed by atoms with Gasteiger partial charge in [0.2, 0.25) is 5.91 Å². The van der Waals surface area contributed by atoms with Crippen LogP contribution in [0, 0.1) is 5.82 Å². The van der Waals surface area contributed by atoms with Crippen molar-refractivity contribution in [2.24, 2.45) is 0 Å². The van der Waals surface area contributed by atoms with E-state index in [9.17, 15) is 14.0 Å². The predicted octanol–water partition coefficient (Wildman–Crippen LogP) is 4.42.